The molecule has 0 aliphatic heterocycles. The number of hydrogen-bond donors (Lipinski definition) is 3. The molecule has 2 heterocycles. The van der Waals surface area contributed by atoms with Crippen LogP contribution in [0.3, 0.4) is 0 Å². The number of aryl methyl sites for hydroxylation is 1. The SMILES string of the molecule is CN(C)C1CCc2oc3ccc(NC(=O)c4cc[nH]n4)cc3c2C1.O=CO. The molecule has 1 atom stereocenters. The van der Waals surface area contributed by atoms with Crippen LogP contribution >= 0.6 is 0 Å². The first kappa shape index (κ1) is 18.7. The topological polar surface area (TPSA) is 111 Å². The number of carboxylic acid groups (broad SMARTS) is 1. The number of aromatic nitrogens is 2. The Morgan fingerprint density at radius 2 is 2.19 bits per heavy atom. The molecule has 1 aromatic carbocycles. The summed E-state index contributed by atoms with van der Waals surface area (Å²) in [6, 6.07) is 7.97. The maximum atomic E-state index is 12.2. The lowest BCUT2D eigenvalue weighted by atomic mass is 9.91. The van der Waals surface area contributed by atoms with Crippen LogP contribution in [0.5, 0.6) is 0 Å². The van der Waals surface area contributed by atoms with Crippen molar-refractivity contribution in [2.24, 2.45) is 0 Å². The molecule has 3 N–H and O–H groups in total. The summed E-state index contributed by atoms with van der Waals surface area (Å²) in [4.78, 5) is 22.8. The molecule has 1 aliphatic rings. The fourth-order valence-corrected chi connectivity index (χ4v) is 3.36. The summed E-state index contributed by atoms with van der Waals surface area (Å²) in [5.41, 5.74) is 3.28. The molecule has 1 unspecified atom stereocenters. The Kier molecular flexibility index (Phi) is 5.56. The smallest absolute Gasteiger partial charge is 0.290 e. The molecule has 8 nitrogen and oxygen atoms in total. The lowest BCUT2D eigenvalue weighted by Crippen LogP contribution is -2.33. The fraction of sp³-hybridized carbons (Fsp3) is 0.316. The Morgan fingerprint density at radius 1 is 1.41 bits per heavy atom. The Balaban J connectivity index is 0.000000659. The van der Waals surface area contributed by atoms with Gasteiger partial charge in [-0.15, -0.1) is 0 Å². The second kappa shape index (κ2) is 8.05. The molecule has 0 bridgehead atoms. The van der Waals surface area contributed by atoms with E-state index in [2.05, 4.69) is 34.5 Å². The molecule has 0 saturated heterocycles. The van der Waals surface area contributed by atoms with Crippen LogP contribution in [0, 0.1) is 0 Å². The van der Waals surface area contributed by atoms with E-state index in [-0.39, 0.29) is 12.4 Å². The average Bonchev–Trinajstić information content (AvgIpc) is 3.29. The maximum absolute atomic E-state index is 12.2. The zero-order valence-electron chi connectivity index (χ0n) is 15.2. The summed E-state index contributed by atoms with van der Waals surface area (Å²) in [6.07, 6.45) is 4.68. The molecule has 0 fully saturated rings. The van der Waals surface area contributed by atoms with Gasteiger partial charge in [0.15, 0.2) is 0 Å². The molecule has 4 rings (SSSR count). The van der Waals surface area contributed by atoms with E-state index in [9.17, 15) is 4.79 Å². The van der Waals surface area contributed by atoms with E-state index in [4.69, 9.17) is 14.3 Å². The minimum Gasteiger partial charge on any atom is -0.483 e. The maximum Gasteiger partial charge on any atom is 0.290 e. The Labute approximate surface area is 156 Å². The second-order valence-corrected chi connectivity index (χ2v) is 6.59. The van der Waals surface area contributed by atoms with Gasteiger partial charge in [-0.1, -0.05) is 0 Å². The van der Waals surface area contributed by atoms with Crippen molar-refractivity contribution >= 4 is 29.0 Å². The summed E-state index contributed by atoms with van der Waals surface area (Å²) >= 11 is 0. The van der Waals surface area contributed by atoms with Gasteiger partial charge in [0.1, 0.15) is 17.0 Å². The normalized spacial score (nSPS) is 15.7. The summed E-state index contributed by atoms with van der Waals surface area (Å²) in [5.74, 6) is 0.859. The van der Waals surface area contributed by atoms with Crippen LogP contribution in [0.2, 0.25) is 0 Å². The highest BCUT2D eigenvalue weighted by Crippen LogP contribution is 2.34. The minimum atomic E-state index is -0.250. The molecule has 1 amide bonds. The molecule has 3 aromatic rings. The van der Waals surface area contributed by atoms with Gasteiger partial charge in [0, 0.05) is 35.3 Å². The molecule has 0 radical (unpaired) electrons. The van der Waals surface area contributed by atoms with E-state index in [0.717, 1.165) is 41.7 Å². The average molecular weight is 370 g/mol. The molecule has 8 heteroatoms. The Morgan fingerprint density at radius 3 is 2.85 bits per heavy atom. The van der Waals surface area contributed by atoms with Gasteiger partial charge in [-0.25, -0.2) is 0 Å². The van der Waals surface area contributed by atoms with Gasteiger partial charge >= 0.3 is 0 Å². The van der Waals surface area contributed by atoms with Crippen molar-refractivity contribution in [1.29, 1.82) is 0 Å². The number of benzene rings is 1. The predicted molar refractivity (Wildman–Crippen MR) is 101 cm³/mol. The summed E-state index contributed by atoms with van der Waals surface area (Å²) < 4.78 is 6.00. The zero-order chi connectivity index (χ0) is 19.4. The lowest BCUT2D eigenvalue weighted by Gasteiger charge is -2.27. The van der Waals surface area contributed by atoms with Gasteiger partial charge in [0.05, 0.1) is 0 Å². The Bertz CT molecular complexity index is 931. The van der Waals surface area contributed by atoms with Crippen molar-refractivity contribution in [1.82, 2.24) is 15.1 Å². The van der Waals surface area contributed by atoms with Crippen LogP contribution in [-0.2, 0) is 17.6 Å². The van der Waals surface area contributed by atoms with E-state index in [0.29, 0.717) is 11.7 Å². The highest BCUT2D eigenvalue weighted by Gasteiger charge is 2.25. The monoisotopic (exact) mass is 370 g/mol. The first-order chi connectivity index (χ1) is 13.0. The third kappa shape index (κ3) is 4.01. The van der Waals surface area contributed by atoms with E-state index in [1.165, 1.54) is 5.56 Å². The first-order valence-corrected chi connectivity index (χ1v) is 8.63. The molecular formula is C19H22N4O4. The van der Waals surface area contributed by atoms with Gasteiger partial charge < -0.3 is 19.7 Å². The molecule has 27 heavy (non-hydrogen) atoms. The number of nitrogens with one attached hydrogen (secondary N) is 2. The van der Waals surface area contributed by atoms with Crippen molar-refractivity contribution in [3.05, 3.63) is 47.5 Å². The van der Waals surface area contributed by atoms with Crippen molar-refractivity contribution in [2.45, 2.75) is 25.3 Å². The number of anilines is 1. The van der Waals surface area contributed by atoms with Crippen LogP contribution in [0.4, 0.5) is 5.69 Å². The predicted octanol–water partition coefficient (Wildman–Crippen LogP) is 2.53. The van der Waals surface area contributed by atoms with Crippen LogP contribution in [0.15, 0.2) is 34.9 Å². The van der Waals surface area contributed by atoms with Gasteiger partial charge in [-0.3, -0.25) is 14.7 Å². The van der Waals surface area contributed by atoms with Gasteiger partial charge in [-0.2, -0.15) is 5.10 Å². The summed E-state index contributed by atoms with van der Waals surface area (Å²) in [5, 5.41) is 17.4. The van der Waals surface area contributed by atoms with Gasteiger partial charge in [-0.05, 0) is 51.2 Å². The number of amides is 1. The number of rotatable bonds is 3. The standard InChI is InChI=1S/C18H20N4O2.CH2O2/c1-22(2)12-4-6-17-14(10-12)13-9-11(3-5-16(13)24-17)20-18(23)15-7-8-19-21-15;2-1-3/h3,5,7-9,12H,4,6,10H2,1-2H3,(H,19,21)(H,20,23);1H,(H,2,3). The first-order valence-electron chi connectivity index (χ1n) is 8.63. The number of fused-ring (bicyclic) bond motifs is 3. The Hall–Kier alpha value is -3.13. The summed E-state index contributed by atoms with van der Waals surface area (Å²) in [6.45, 7) is -0.250. The molecule has 1 aliphatic carbocycles. The van der Waals surface area contributed by atoms with Gasteiger partial charge in [0.25, 0.3) is 12.4 Å². The zero-order valence-corrected chi connectivity index (χ0v) is 15.2. The van der Waals surface area contributed by atoms with E-state index >= 15 is 0 Å². The number of carbonyl (C=O) groups excluding carboxylic acids is 1. The molecular weight excluding hydrogens is 348 g/mol. The van der Waals surface area contributed by atoms with Crippen molar-refractivity contribution in [3.8, 4) is 0 Å². The number of furan rings is 1. The van der Waals surface area contributed by atoms with Gasteiger partial charge in [0.2, 0.25) is 0 Å². The van der Waals surface area contributed by atoms with E-state index in [1.54, 1.807) is 12.3 Å². The molecule has 0 saturated carbocycles. The molecule has 142 valence electrons. The van der Waals surface area contributed by atoms with Crippen LogP contribution in [0.25, 0.3) is 11.0 Å². The van der Waals surface area contributed by atoms with E-state index in [1.807, 2.05) is 18.2 Å². The van der Waals surface area contributed by atoms with Crippen molar-refractivity contribution < 1.29 is 19.1 Å². The fourth-order valence-electron chi connectivity index (χ4n) is 3.36. The van der Waals surface area contributed by atoms with Crippen LogP contribution in [-0.4, -0.2) is 52.7 Å². The third-order valence-electron chi connectivity index (χ3n) is 4.74. The lowest BCUT2D eigenvalue weighted by molar-refractivity contribution is -0.122. The summed E-state index contributed by atoms with van der Waals surface area (Å²) in [7, 11) is 4.24. The van der Waals surface area contributed by atoms with Crippen molar-refractivity contribution in [2.75, 3.05) is 19.4 Å². The number of nitrogens with zero attached hydrogens (tertiary/aromatic N) is 2. The highest BCUT2D eigenvalue weighted by atomic mass is 16.3. The number of likely N-dealkylation sites (N-methyl/N-ethyl adjacent to an activating group) is 1. The quantitative estimate of drug-likeness (QED) is 0.611. The van der Waals surface area contributed by atoms with E-state index < -0.39 is 0 Å². The van der Waals surface area contributed by atoms with Crippen LogP contribution in [0.1, 0.15) is 28.2 Å². The van der Waals surface area contributed by atoms with Crippen LogP contribution < -0.4 is 5.32 Å². The number of hydrogen-bond acceptors (Lipinski definition) is 5. The number of H-pyrrole nitrogens is 1. The highest BCUT2D eigenvalue weighted by molar-refractivity contribution is 6.03. The number of aromatic amines is 1. The molecule has 0 spiro atoms. The third-order valence-corrected chi connectivity index (χ3v) is 4.74. The number of carbonyl (C=O) groups is 2. The second-order valence-electron chi connectivity index (χ2n) is 6.59. The minimum absolute atomic E-state index is 0.223. The largest absolute Gasteiger partial charge is 0.483 e. The van der Waals surface area contributed by atoms with Crippen molar-refractivity contribution in [3.63, 3.8) is 0 Å². The molecule has 2 aromatic heterocycles.